The second-order valence-electron chi connectivity index (χ2n) is 4.05. The lowest BCUT2D eigenvalue weighted by Crippen LogP contribution is -2.33. The van der Waals surface area contributed by atoms with Gasteiger partial charge in [-0.25, -0.2) is 0 Å². The molecule has 1 aromatic heterocycles. The summed E-state index contributed by atoms with van der Waals surface area (Å²) < 4.78 is 0. The molecule has 0 unspecified atom stereocenters. The maximum atomic E-state index is 4.16. The maximum Gasteiger partial charge on any atom is 0.0552 e. The molecule has 2 nitrogen and oxygen atoms in total. The van der Waals surface area contributed by atoms with Crippen LogP contribution in [0.4, 0.5) is 5.69 Å². The predicted molar refractivity (Wildman–Crippen MR) is 59.5 cm³/mol. The Morgan fingerprint density at radius 3 is 2.79 bits per heavy atom. The zero-order valence-corrected chi connectivity index (χ0v) is 8.82. The fraction of sp³-hybridized carbons (Fsp3) is 0.583. The molecule has 0 aromatic carbocycles. The van der Waals surface area contributed by atoms with Crippen molar-refractivity contribution in [1.82, 2.24) is 4.98 Å². The van der Waals surface area contributed by atoms with E-state index in [1.807, 2.05) is 18.5 Å². The van der Waals surface area contributed by atoms with Gasteiger partial charge in [0.25, 0.3) is 0 Å². The van der Waals surface area contributed by atoms with Crippen LogP contribution in [-0.2, 0) is 0 Å². The number of anilines is 1. The summed E-state index contributed by atoms with van der Waals surface area (Å²) in [5.74, 6) is 0.947. The molecule has 1 fully saturated rings. The molecule has 1 aromatic rings. The third kappa shape index (κ3) is 2.06. The first-order valence-corrected chi connectivity index (χ1v) is 5.55. The lowest BCUT2D eigenvalue weighted by Gasteiger charge is -2.32. The van der Waals surface area contributed by atoms with E-state index in [0.29, 0.717) is 0 Å². The minimum Gasteiger partial charge on any atom is -0.370 e. The van der Waals surface area contributed by atoms with Crippen molar-refractivity contribution >= 4 is 5.69 Å². The van der Waals surface area contributed by atoms with Crippen LogP contribution in [0.3, 0.4) is 0 Å². The third-order valence-electron chi connectivity index (χ3n) is 3.20. The molecule has 0 spiro atoms. The van der Waals surface area contributed by atoms with E-state index in [2.05, 4.69) is 22.9 Å². The molecule has 1 aliphatic heterocycles. The average Bonchev–Trinajstić information content (AvgIpc) is 2.30. The summed E-state index contributed by atoms with van der Waals surface area (Å²) in [5, 5.41) is 0. The number of rotatable bonds is 2. The Labute approximate surface area is 86.0 Å². The van der Waals surface area contributed by atoms with Crippen molar-refractivity contribution < 1.29 is 0 Å². The Morgan fingerprint density at radius 1 is 1.43 bits per heavy atom. The zero-order valence-electron chi connectivity index (χ0n) is 8.82. The van der Waals surface area contributed by atoms with Gasteiger partial charge in [0.1, 0.15) is 0 Å². The molecule has 14 heavy (non-hydrogen) atoms. The minimum absolute atomic E-state index is 0.947. The van der Waals surface area contributed by atoms with Crippen LogP contribution in [0.5, 0.6) is 0 Å². The summed E-state index contributed by atoms with van der Waals surface area (Å²) in [4.78, 5) is 6.60. The summed E-state index contributed by atoms with van der Waals surface area (Å²) in [6.07, 6.45) is 7.81. The standard InChI is InChI=1S/C12H18N2/c1-2-11-5-8-14(9-6-11)12-4-3-7-13-10-12/h3-4,7,10-11H,2,5-6,8-9H2,1H3. The van der Waals surface area contributed by atoms with Crippen LogP contribution in [0.15, 0.2) is 24.5 Å². The van der Waals surface area contributed by atoms with E-state index in [0.717, 1.165) is 5.92 Å². The first-order valence-electron chi connectivity index (χ1n) is 5.55. The van der Waals surface area contributed by atoms with Gasteiger partial charge in [-0.1, -0.05) is 13.3 Å². The molecule has 2 rings (SSSR count). The molecule has 0 bridgehead atoms. The van der Waals surface area contributed by atoms with Gasteiger partial charge < -0.3 is 4.90 Å². The summed E-state index contributed by atoms with van der Waals surface area (Å²) in [7, 11) is 0. The monoisotopic (exact) mass is 190 g/mol. The van der Waals surface area contributed by atoms with Crippen LogP contribution in [0.25, 0.3) is 0 Å². The molecular weight excluding hydrogens is 172 g/mol. The van der Waals surface area contributed by atoms with E-state index < -0.39 is 0 Å². The lowest BCUT2D eigenvalue weighted by molar-refractivity contribution is 0.395. The van der Waals surface area contributed by atoms with Crippen LogP contribution in [-0.4, -0.2) is 18.1 Å². The Hall–Kier alpha value is -1.05. The molecule has 1 saturated heterocycles. The number of pyridine rings is 1. The fourth-order valence-electron chi connectivity index (χ4n) is 2.14. The molecule has 2 heteroatoms. The number of nitrogens with zero attached hydrogens (tertiary/aromatic N) is 2. The SMILES string of the molecule is CCC1CCN(c2cccnc2)CC1. The Bertz CT molecular complexity index is 263. The third-order valence-corrected chi connectivity index (χ3v) is 3.20. The molecule has 0 radical (unpaired) electrons. The highest BCUT2D eigenvalue weighted by Crippen LogP contribution is 2.23. The average molecular weight is 190 g/mol. The lowest BCUT2D eigenvalue weighted by atomic mass is 9.94. The summed E-state index contributed by atoms with van der Waals surface area (Å²) in [6.45, 7) is 4.69. The van der Waals surface area contributed by atoms with Gasteiger partial charge in [0, 0.05) is 19.3 Å². The molecular formula is C12H18N2. The van der Waals surface area contributed by atoms with Crippen LogP contribution < -0.4 is 4.90 Å². The fourth-order valence-corrected chi connectivity index (χ4v) is 2.14. The largest absolute Gasteiger partial charge is 0.370 e. The van der Waals surface area contributed by atoms with E-state index in [9.17, 15) is 0 Å². The predicted octanol–water partition coefficient (Wildman–Crippen LogP) is 2.71. The molecule has 76 valence electrons. The van der Waals surface area contributed by atoms with E-state index in [4.69, 9.17) is 0 Å². The van der Waals surface area contributed by atoms with Crippen molar-refractivity contribution in [2.75, 3.05) is 18.0 Å². The molecule has 0 N–H and O–H groups in total. The Balaban J connectivity index is 1.96. The summed E-state index contributed by atoms with van der Waals surface area (Å²) in [6, 6.07) is 4.17. The van der Waals surface area contributed by atoms with Gasteiger partial charge in [-0.05, 0) is 30.9 Å². The van der Waals surface area contributed by atoms with Crippen LogP contribution >= 0.6 is 0 Å². The molecule has 0 aliphatic carbocycles. The highest BCUT2D eigenvalue weighted by molar-refractivity contribution is 5.43. The van der Waals surface area contributed by atoms with E-state index in [1.165, 1.54) is 38.0 Å². The van der Waals surface area contributed by atoms with Gasteiger partial charge in [-0.15, -0.1) is 0 Å². The summed E-state index contributed by atoms with van der Waals surface area (Å²) in [5.41, 5.74) is 1.28. The normalized spacial score (nSPS) is 18.5. The van der Waals surface area contributed by atoms with Gasteiger partial charge >= 0.3 is 0 Å². The van der Waals surface area contributed by atoms with Gasteiger partial charge in [-0.3, -0.25) is 4.98 Å². The van der Waals surface area contributed by atoms with Crippen molar-refractivity contribution in [3.8, 4) is 0 Å². The van der Waals surface area contributed by atoms with Crippen molar-refractivity contribution in [3.63, 3.8) is 0 Å². The second-order valence-corrected chi connectivity index (χ2v) is 4.05. The van der Waals surface area contributed by atoms with Crippen molar-refractivity contribution in [1.29, 1.82) is 0 Å². The van der Waals surface area contributed by atoms with E-state index in [1.54, 1.807) is 0 Å². The van der Waals surface area contributed by atoms with Gasteiger partial charge in [-0.2, -0.15) is 0 Å². The molecule has 0 saturated carbocycles. The van der Waals surface area contributed by atoms with Crippen molar-refractivity contribution in [2.24, 2.45) is 5.92 Å². The molecule has 0 atom stereocenters. The van der Waals surface area contributed by atoms with E-state index in [-0.39, 0.29) is 0 Å². The zero-order chi connectivity index (χ0) is 9.80. The first kappa shape index (κ1) is 9.50. The smallest absolute Gasteiger partial charge is 0.0552 e. The second kappa shape index (κ2) is 4.45. The Kier molecular flexibility index (Phi) is 3.02. The van der Waals surface area contributed by atoms with Crippen LogP contribution in [0.1, 0.15) is 26.2 Å². The number of hydrogen-bond acceptors (Lipinski definition) is 2. The first-order chi connectivity index (χ1) is 6.90. The highest BCUT2D eigenvalue weighted by Gasteiger charge is 2.17. The van der Waals surface area contributed by atoms with Gasteiger partial charge in [0.15, 0.2) is 0 Å². The Morgan fingerprint density at radius 2 is 2.21 bits per heavy atom. The highest BCUT2D eigenvalue weighted by atomic mass is 15.1. The molecule has 1 aliphatic rings. The van der Waals surface area contributed by atoms with Crippen LogP contribution in [0.2, 0.25) is 0 Å². The van der Waals surface area contributed by atoms with E-state index >= 15 is 0 Å². The maximum absolute atomic E-state index is 4.16. The van der Waals surface area contributed by atoms with Gasteiger partial charge in [0.2, 0.25) is 0 Å². The number of aromatic nitrogens is 1. The van der Waals surface area contributed by atoms with Crippen molar-refractivity contribution in [2.45, 2.75) is 26.2 Å². The van der Waals surface area contributed by atoms with Gasteiger partial charge in [0.05, 0.1) is 11.9 Å². The quantitative estimate of drug-likeness (QED) is 0.712. The molecule has 0 amide bonds. The number of hydrogen-bond donors (Lipinski definition) is 0. The topological polar surface area (TPSA) is 16.1 Å². The summed E-state index contributed by atoms with van der Waals surface area (Å²) >= 11 is 0. The number of piperidine rings is 1. The van der Waals surface area contributed by atoms with Crippen molar-refractivity contribution in [3.05, 3.63) is 24.5 Å². The minimum atomic E-state index is 0.947. The van der Waals surface area contributed by atoms with Crippen LogP contribution in [0, 0.1) is 5.92 Å². The molecule has 2 heterocycles.